The number of benzene rings is 1. The quantitative estimate of drug-likeness (QED) is 0.643. The third kappa shape index (κ3) is 3.56. The second kappa shape index (κ2) is 6.70. The Morgan fingerprint density at radius 3 is 2.68 bits per heavy atom. The second-order valence-electron chi connectivity index (χ2n) is 4.56. The molecule has 0 bridgehead atoms. The van der Waals surface area contributed by atoms with Gasteiger partial charge in [-0.1, -0.05) is 6.92 Å². The van der Waals surface area contributed by atoms with Gasteiger partial charge in [-0.15, -0.1) is 0 Å². The maximum atomic E-state index is 12.3. The molecule has 104 valence electrons. The fourth-order valence-corrected chi connectivity index (χ4v) is 2.81. The molecule has 0 unspecified atom stereocenters. The molecule has 1 fully saturated rings. The van der Waals surface area contributed by atoms with Gasteiger partial charge in [0.15, 0.2) is 0 Å². The molecule has 0 radical (unpaired) electrons. The van der Waals surface area contributed by atoms with Crippen LogP contribution >= 0.6 is 11.8 Å². The number of hydrogen-bond donors (Lipinski definition) is 1. The predicted octanol–water partition coefficient (Wildman–Crippen LogP) is 2.65. The van der Waals surface area contributed by atoms with E-state index in [0.717, 1.165) is 48.9 Å². The minimum Gasteiger partial charge on any atom is -0.399 e. The van der Waals surface area contributed by atoms with Gasteiger partial charge in [-0.25, -0.2) is 4.79 Å². The van der Waals surface area contributed by atoms with Crippen LogP contribution in [-0.4, -0.2) is 42.1 Å². The number of rotatable bonds is 6. The zero-order valence-corrected chi connectivity index (χ0v) is 12.2. The van der Waals surface area contributed by atoms with E-state index in [4.69, 9.17) is 5.73 Å². The van der Waals surface area contributed by atoms with Crippen molar-refractivity contribution in [1.82, 2.24) is 4.90 Å². The molecule has 1 aliphatic heterocycles. The average Bonchev–Trinajstić information content (AvgIpc) is 2.77. The molecular formula is C14H21N3OS. The zero-order chi connectivity index (χ0) is 13.7. The first kappa shape index (κ1) is 14.1. The highest BCUT2D eigenvalue weighted by molar-refractivity contribution is 7.99. The number of amides is 2. The highest BCUT2D eigenvalue weighted by Gasteiger charge is 2.28. The molecule has 0 aliphatic carbocycles. The Labute approximate surface area is 118 Å². The molecule has 5 heteroatoms. The Kier molecular flexibility index (Phi) is 4.96. The third-order valence-electron chi connectivity index (χ3n) is 3.22. The van der Waals surface area contributed by atoms with Gasteiger partial charge in [0, 0.05) is 31.0 Å². The highest BCUT2D eigenvalue weighted by Crippen LogP contribution is 2.21. The number of nitrogens with zero attached hydrogens (tertiary/aromatic N) is 2. The summed E-state index contributed by atoms with van der Waals surface area (Å²) in [5.74, 6) is 2.27. The molecule has 19 heavy (non-hydrogen) atoms. The Hall–Kier alpha value is -1.36. The van der Waals surface area contributed by atoms with Crippen molar-refractivity contribution in [3.63, 3.8) is 0 Å². The van der Waals surface area contributed by atoms with Gasteiger partial charge >= 0.3 is 6.03 Å². The van der Waals surface area contributed by atoms with Crippen molar-refractivity contribution in [1.29, 1.82) is 0 Å². The van der Waals surface area contributed by atoms with E-state index in [1.165, 1.54) is 0 Å². The molecule has 1 heterocycles. The summed E-state index contributed by atoms with van der Waals surface area (Å²) in [5.41, 5.74) is 7.33. The number of carbonyl (C=O) groups excluding carboxylic acids is 1. The van der Waals surface area contributed by atoms with Gasteiger partial charge in [-0.2, -0.15) is 11.8 Å². The SMILES string of the molecule is CCSCCCN1CCN(c2ccc(N)cc2)C1=O. The van der Waals surface area contributed by atoms with Crippen molar-refractivity contribution in [2.75, 3.05) is 41.8 Å². The fraction of sp³-hybridized carbons (Fsp3) is 0.500. The molecule has 1 saturated heterocycles. The Morgan fingerprint density at radius 2 is 2.00 bits per heavy atom. The molecule has 2 amide bonds. The van der Waals surface area contributed by atoms with E-state index in [1.54, 1.807) is 0 Å². The van der Waals surface area contributed by atoms with Gasteiger partial charge in [0.1, 0.15) is 0 Å². The first-order valence-corrected chi connectivity index (χ1v) is 7.87. The molecule has 0 aromatic heterocycles. The zero-order valence-electron chi connectivity index (χ0n) is 11.3. The number of nitrogen functional groups attached to an aromatic ring is 1. The van der Waals surface area contributed by atoms with E-state index in [1.807, 2.05) is 45.8 Å². The fourth-order valence-electron chi connectivity index (χ4n) is 2.19. The van der Waals surface area contributed by atoms with Crippen LogP contribution in [0, 0.1) is 0 Å². The first-order valence-electron chi connectivity index (χ1n) is 6.72. The Balaban J connectivity index is 1.88. The molecule has 0 atom stereocenters. The molecule has 2 rings (SSSR count). The molecule has 1 aliphatic rings. The lowest BCUT2D eigenvalue weighted by atomic mass is 10.2. The van der Waals surface area contributed by atoms with E-state index in [0.29, 0.717) is 0 Å². The van der Waals surface area contributed by atoms with Crippen LogP contribution in [0.2, 0.25) is 0 Å². The van der Waals surface area contributed by atoms with Crippen LogP contribution < -0.4 is 10.6 Å². The number of carbonyl (C=O) groups is 1. The number of urea groups is 1. The minimum absolute atomic E-state index is 0.117. The summed E-state index contributed by atoms with van der Waals surface area (Å²) in [4.78, 5) is 16.0. The molecule has 4 nitrogen and oxygen atoms in total. The molecule has 0 saturated carbocycles. The summed E-state index contributed by atoms with van der Waals surface area (Å²) in [5, 5.41) is 0. The Bertz CT molecular complexity index is 421. The van der Waals surface area contributed by atoms with Gasteiger partial charge in [0.25, 0.3) is 0 Å². The molecule has 1 aromatic rings. The lowest BCUT2D eigenvalue weighted by Gasteiger charge is -2.18. The van der Waals surface area contributed by atoms with Crippen molar-refractivity contribution in [3.8, 4) is 0 Å². The highest BCUT2D eigenvalue weighted by atomic mass is 32.2. The van der Waals surface area contributed by atoms with Crippen molar-refractivity contribution in [2.24, 2.45) is 0 Å². The van der Waals surface area contributed by atoms with Gasteiger partial charge in [-0.05, 0) is 42.2 Å². The second-order valence-corrected chi connectivity index (χ2v) is 5.96. The van der Waals surface area contributed by atoms with Gasteiger partial charge in [0.2, 0.25) is 0 Å². The number of nitrogens with two attached hydrogens (primary N) is 1. The van der Waals surface area contributed by atoms with Crippen LogP contribution in [0.1, 0.15) is 13.3 Å². The topological polar surface area (TPSA) is 49.6 Å². The van der Waals surface area contributed by atoms with Gasteiger partial charge in [0.05, 0.1) is 0 Å². The van der Waals surface area contributed by atoms with E-state index in [9.17, 15) is 4.79 Å². The van der Waals surface area contributed by atoms with Crippen molar-refractivity contribution in [2.45, 2.75) is 13.3 Å². The van der Waals surface area contributed by atoms with Gasteiger partial charge < -0.3 is 10.6 Å². The average molecular weight is 279 g/mol. The predicted molar refractivity (Wildman–Crippen MR) is 82.8 cm³/mol. The standard InChI is InChI=1S/C14H21N3OS/c1-2-19-11-3-8-16-9-10-17(14(16)18)13-6-4-12(15)5-7-13/h4-7H,2-3,8-11,15H2,1H3. The number of hydrogen-bond acceptors (Lipinski definition) is 3. The first-order chi connectivity index (χ1) is 9.22. The summed E-state index contributed by atoms with van der Waals surface area (Å²) in [6, 6.07) is 7.60. The van der Waals surface area contributed by atoms with Crippen LogP contribution in [0.25, 0.3) is 0 Å². The third-order valence-corrected chi connectivity index (χ3v) is 4.21. The monoisotopic (exact) mass is 279 g/mol. The smallest absolute Gasteiger partial charge is 0.324 e. The summed E-state index contributed by atoms with van der Waals surface area (Å²) in [6.07, 6.45) is 1.07. The normalized spacial score (nSPS) is 15.3. The van der Waals surface area contributed by atoms with E-state index in [-0.39, 0.29) is 6.03 Å². The molecule has 2 N–H and O–H groups in total. The van der Waals surface area contributed by atoms with Crippen molar-refractivity contribution < 1.29 is 4.79 Å². The maximum Gasteiger partial charge on any atom is 0.324 e. The summed E-state index contributed by atoms with van der Waals surface area (Å²) in [7, 11) is 0. The summed E-state index contributed by atoms with van der Waals surface area (Å²) < 4.78 is 0. The van der Waals surface area contributed by atoms with Crippen LogP contribution in [0.3, 0.4) is 0 Å². The molecular weight excluding hydrogens is 258 g/mol. The molecule has 1 aromatic carbocycles. The minimum atomic E-state index is 0.117. The lowest BCUT2D eigenvalue weighted by molar-refractivity contribution is 0.221. The largest absolute Gasteiger partial charge is 0.399 e. The summed E-state index contributed by atoms with van der Waals surface area (Å²) >= 11 is 1.93. The van der Waals surface area contributed by atoms with Crippen LogP contribution in [0.5, 0.6) is 0 Å². The number of thioether (sulfide) groups is 1. The van der Waals surface area contributed by atoms with Crippen molar-refractivity contribution in [3.05, 3.63) is 24.3 Å². The van der Waals surface area contributed by atoms with Gasteiger partial charge in [-0.3, -0.25) is 4.90 Å². The van der Waals surface area contributed by atoms with E-state index in [2.05, 4.69) is 6.92 Å². The van der Waals surface area contributed by atoms with Crippen LogP contribution in [0.15, 0.2) is 24.3 Å². The van der Waals surface area contributed by atoms with E-state index < -0.39 is 0 Å². The van der Waals surface area contributed by atoms with Crippen molar-refractivity contribution >= 4 is 29.2 Å². The maximum absolute atomic E-state index is 12.3. The van der Waals surface area contributed by atoms with Crippen LogP contribution in [0.4, 0.5) is 16.2 Å². The Morgan fingerprint density at radius 1 is 1.26 bits per heavy atom. The number of anilines is 2. The summed E-state index contributed by atoms with van der Waals surface area (Å²) in [6.45, 7) is 4.61. The molecule has 0 spiro atoms. The van der Waals surface area contributed by atoms with E-state index >= 15 is 0 Å². The lowest BCUT2D eigenvalue weighted by Crippen LogP contribution is -2.32. The van der Waals surface area contributed by atoms with Crippen LogP contribution in [-0.2, 0) is 0 Å².